The number of nitro benzene ring substituents is 1. The molecule has 0 unspecified atom stereocenters. The highest BCUT2D eigenvalue weighted by Crippen LogP contribution is 2.33. The van der Waals surface area contributed by atoms with Crippen molar-refractivity contribution < 1.29 is 9.66 Å². The van der Waals surface area contributed by atoms with Crippen LogP contribution in [0.25, 0.3) is 28.2 Å². The maximum Gasteiger partial charge on any atom is 0.277 e. The number of ether oxygens (including phenoxy) is 1. The van der Waals surface area contributed by atoms with Crippen LogP contribution in [0.4, 0.5) is 5.69 Å². The van der Waals surface area contributed by atoms with E-state index in [1.54, 1.807) is 16.6 Å². The normalized spacial score (nSPS) is 11.2. The summed E-state index contributed by atoms with van der Waals surface area (Å²) in [6, 6.07) is 12.2. The number of aromatic amines is 1. The number of nitrogens with one attached hydrogen (secondary N) is 1. The first-order chi connectivity index (χ1) is 18.4. The first-order valence-electron chi connectivity index (χ1n) is 12.3. The molecule has 0 aliphatic carbocycles. The van der Waals surface area contributed by atoms with Gasteiger partial charge in [-0.05, 0) is 44.0 Å². The van der Waals surface area contributed by atoms with Crippen molar-refractivity contribution in [3.05, 3.63) is 90.4 Å². The summed E-state index contributed by atoms with van der Waals surface area (Å²) >= 11 is 1.52. The summed E-state index contributed by atoms with van der Waals surface area (Å²) in [4.78, 5) is 35.8. The maximum absolute atomic E-state index is 13.0. The average Bonchev–Trinajstić information content (AvgIpc) is 3.49. The summed E-state index contributed by atoms with van der Waals surface area (Å²) in [7, 11) is 0. The highest BCUT2D eigenvalue weighted by Gasteiger charge is 2.18. The third kappa shape index (κ3) is 4.92. The average molecular weight is 531 g/mol. The minimum absolute atomic E-state index is 0.0630. The van der Waals surface area contributed by atoms with Gasteiger partial charge in [0.25, 0.3) is 11.2 Å². The van der Waals surface area contributed by atoms with Gasteiger partial charge in [-0.2, -0.15) is 0 Å². The lowest BCUT2D eigenvalue weighted by molar-refractivity contribution is -0.384. The Morgan fingerprint density at radius 3 is 2.63 bits per heavy atom. The van der Waals surface area contributed by atoms with Crippen LogP contribution in [0.2, 0.25) is 0 Å². The molecule has 0 amide bonds. The number of imidazole rings is 1. The Bertz CT molecular complexity index is 1690. The summed E-state index contributed by atoms with van der Waals surface area (Å²) < 4.78 is 7.51. The van der Waals surface area contributed by atoms with Gasteiger partial charge in [-0.1, -0.05) is 19.1 Å². The van der Waals surface area contributed by atoms with E-state index in [0.717, 1.165) is 34.1 Å². The SMILES string of the molecule is CCCc1nc(C)c2c(=O)[nH]c(-c3cc(-c4csc(Cc5ccc([N+](=O)[O-])cc5)n4)ccc3OCC)nn12. The lowest BCUT2D eigenvalue weighted by Gasteiger charge is -2.12. The minimum atomic E-state index is -0.410. The number of H-pyrrole nitrogens is 1. The molecule has 11 heteroatoms. The molecule has 0 atom stereocenters. The van der Waals surface area contributed by atoms with E-state index in [0.29, 0.717) is 47.8 Å². The van der Waals surface area contributed by atoms with E-state index < -0.39 is 4.92 Å². The lowest BCUT2D eigenvalue weighted by Crippen LogP contribution is -2.16. The van der Waals surface area contributed by atoms with E-state index in [4.69, 9.17) is 14.8 Å². The number of thiazole rings is 1. The van der Waals surface area contributed by atoms with E-state index in [9.17, 15) is 14.9 Å². The molecule has 1 N–H and O–H groups in total. The first kappa shape index (κ1) is 25.3. The molecular formula is C27H26N6O4S. The fourth-order valence-corrected chi connectivity index (χ4v) is 5.17. The molecule has 194 valence electrons. The number of benzene rings is 2. The fraction of sp³-hybridized carbons (Fsp3) is 0.259. The van der Waals surface area contributed by atoms with Crippen molar-refractivity contribution in [2.45, 2.75) is 40.0 Å². The Morgan fingerprint density at radius 2 is 1.92 bits per heavy atom. The van der Waals surface area contributed by atoms with Crippen LogP contribution < -0.4 is 10.3 Å². The number of nitrogens with zero attached hydrogens (tertiary/aromatic N) is 5. The smallest absolute Gasteiger partial charge is 0.277 e. The maximum atomic E-state index is 13.0. The Labute approximate surface area is 222 Å². The Hall–Kier alpha value is -4.38. The molecule has 0 radical (unpaired) electrons. The molecule has 5 rings (SSSR count). The van der Waals surface area contributed by atoms with Crippen LogP contribution in [0.3, 0.4) is 0 Å². The van der Waals surface area contributed by atoms with Gasteiger partial charge in [0.05, 0.1) is 33.5 Å². The van der Waals surface area contributed by atoms with E-state index >= 15 is 0 Å². The lowest BCUT2D eigenvalue weighted by atomic mass is 10.1. The fourth-order valence-electron chi connectivity index (χ4n) is 4.33. The highest BCUT2D eigenvalue weighted by molar-refractivity contribution is 7.10. The molecule has 38 heavy (non-hydrogen) atoms. The van der Waals surface area contributed by atoms with Crippen molar-refractivity contribution in [3.8, 4) is 28.4 Å². The molecule has 0 spiro atoms. The van der Waals surface area contributed by atoms with Crippen LogP contribution in [0.5, 0.6) is 5.75 Å². The molecule has 3 aromatic heterocycles. The van der Waals surface area contributed by atoms with Gasteiger partial charge in [0, 0.05) is 35.9 Å². The van der Waals surface area contributed by atoms with Crippen molar-refractivity contribution in [1.29, 1.82) is 0 Å². The van der Waals surface area contributed by atoms with E-state index in [-0.39, 0.29) is 11.2 Å². The number of aromatic nitrogens is 5. The van der Waals surface area contributed by atoms with Gasteiger partial charge in [-0.3, -0.25) is 14.9 Å². The monoisotopic (exact) mass is 530 g/mol. The Morgan fingerprint density at radius 1 is 1.13 bits per heavy atom. The van der Waals surface area contributed by atoms with Crippen molar-refractivity contribution in [2.75, 3.05) is 6.61 Å². The predicted octanol–water partition coefficient (Wildman–Crippen LogP) is 5.37. The minimum Gasteiger partial charge on any atom is -0.493 e. The summed E-state index contributed by atoms with van der Waals surface area (Å²) in [5, 5.41) is 18.5. The molecule has 0 bridgehead atoms. The van der Waals surface area contributed by atoms with Crippen molar-refractivity contribution in [1.82, 2.24) is 24.6 Å². The first-order valence-corrected chi connectivity index (χ1v) is 13.2. The number of hydrogen-bond acceptors (Lipinski definition) is 8. The van der Waals surface area contributed by atoms with Gasteiger partial charge in [0.1, 0.15) is 11.6 Å². The van der Waals surface area contributed by atoms with Gasteiger partial charge in [-0.25, -0.2) is 14.5 Å². The van der Waals surface area contributed by atoms with Crippen LogP contribution in [-0.4, -0.2) is 36.1 Å². The predicted molar refractivity (Wildman–Crippen MR) is 146 cm³/mol. The molecular weight excluding hydrogens is 504 g/mol. The van der Waals surface area contributed by atoms with Crippen molar-refractivity contribution >= 4 is 22.5 Å². The number of hydrogen-bond donors (Lipinski definition) is 1. The van der Waals surface area contributed by atoms with Gasteiger partial charge in [-0.15, -0.1) is 16.4 Å². The number of fused-ring (bicyclic) bond motifs is 1. The summed E-state index contributed by atoms with van der Waals surface area (Å²) in [5.74, 6) is 1.75. The van der Waals surface area contributed by atoms with E-state index in [2.05, 4.69) is 16.9 Å². The van der Waals surface area contributed by atoms with E-state index in [1.165, 1.54) is 23.5 Å². The number of nitro groups is 1. The second-order valence-corrected chi connectivity index (χ2v) is 9.74. The van der Waals surface area contributed by atoms with Crippen LogP contribution in [0.15, 0.2) is 52.6 Å². The van der Waals surface area contributed by atoms with Crippen LogP contribution >= 0.6 is 11.3 Å². The number of non-ortho nitro benzene ring substituents is 1. The molecule has 5 aromatic rings. The summed E-state index contributed by atoms with van der Waals surface area (Å²) in [6.45, 7) is 6.24. The standard InChI is InChI=1S/C27H26N6O4S/c1-4-6-23-28-16(3)25-27(34)30-26(31-32(23)25)20-14-18(9-12-22(20)37-5-2)21-15-38-24(29-21)13-17-7-10-19(11-8-17)33(35)36/h7-12,14-15H,4-6,13H2,1-3H3,(H,30,31,34). The van der Waals surface area contributed by atoms with Crippen molar-refractivity contribution in [2.24, 2.45) is 0 Å². The van der Waals surface area contributed by atoms with Gasteiger partial charge < -0.3 is 9.72 Å². The van der Waals surface area contributed by atoms with Gasteiger partial charge >= 0.3 is 0 Å². The zero-order chi connectivity index (χ0) is 26.8. The summed E-state index contributed by atoms with van der Waals surface area (Å²) in [6.07, 6.45) is 2.16. The molecule has 0 saturated carbocycles. The summed E-state index contributed by atoms with van der Waals surface area (Å²) in [5.41, 5.74) is 4.14. The molecule has 3 heterocycles. The van der Waals surface area contributed by atoms with Crippen molar-refractivity contribution in [3.63, 3.8) is 0 Å². The van der Waals surface area contributed by atoms with Crippen LogP contribution in [0, 0.1) is 17.0 Å². The Balaban J connectivity index is 1.52. The zero-order valence-corrected chi connectivity index (χ0v) is 22.0. The van der Waals surface area contributed by atoms with E-state index in [1.807, 2.05) is 37.4 Å². The molecule has 0 aliphatic rings. The van der Waals surface area contributed by atoms with Gasteiger partial charge in [0.2, 0.25) is 0 Å². The second kappa shape index (κ2) is 10.5. The molecule has 2 aromatic carbocycles. The van der Waals surface area contributed by atoms with Crippen LogP contribution in [-0.2, 0) is 12.8 Å². The molecule has 0 saturated heterocycles. The largest absolute Gasteiger partial charge is 0.493 e. The number of rotatable bonds is 9. The topological polar surface area (TPSA) is 128 Å². The third-order valence-electron chi connectivity index (χ3n) is 6.10. The molecule has 0 fully saturated rings. The number of aryl methyl sites for hydroxylation is 2. The molecule has 0 aliphatic heterocycles. The quantitative estimate of drug-likeness (QED) is 0.200. The highest BCUT2D eigenvalue weighted by atomic mass is 32.1. The third-order valence-corrected chi connectivity index (χ3v) is 6.95. The zero-order valence-electron chi connectivity index (χ0n) is 21.2. The van der Waals surface area contributed by atoms with Gasteiger partial charge in [0.15, 0.2) is 11.3 Å². The van der Waals surface area contributed by atoms with Crippen LogP contribution in [0.1, 0.15) is 42.4 Å². The second-order valence-electron chi connectivity index (χ2n) is 8.80. The molecule has 10 nitrogen and oxygen atoms in total. The Kier molecular flexibility index (Phi) is 7.01.